The summed E-state index contributed by atoms with van der Waals surface area (Å²) in [6.45, 7) is 5.75. The first-order valence-electron chi connectivity index (χ1n) is 8.76. The van der Waals surface area contributed by atoms with E-state index < -0.39 is 0 Å². The maximum absolute atomic E-state index is 13.1. The van der Waals surface area contributed by atoms with Gasteiger partial charge in [0.25, 0.3) is 5.91 Å². The summed E-state index contributed by atoms with van der Waals surface area (Å²) in [6.07, 6.45) is -0.00301. The van der Waals surface area contributed by atoms with Crippen molar-refractivity contribution in [3.63, 3.8) is 0 Å². The van der Waals surface area contributed by atoms with Crippen LogP contribution < -0.4 is 14.8 Å². The average molecular weight is 400 g/mol. The van der Waals surface area contributed by atoms with E-state index in [1.54, 1.807) is 30.3 Å². The molecular weight excluding hydrogens is 379 g/mol. The molecule has 0 aliphatic rings. The van der Waals surface area contributed by atoms with Gasteiger partial charge in [-0.3, -0.25) is 10.1 Å². The number of methoxy groups -OCH3 is 1. The summed E-state index contributed by atoms with van der Waals surface area (Å²) in [5.74, 6) is 0.471. The summed E-state index contributed by atoms with van der Waals surface area (Å²) in [4.78, 5) is 18.0. The number of nitrogens with zero attached hydrogens (tertiary/aromatic N) is 1. The fourth-order valence-electron chi connectivity index (χ4n) is 2.65. The van der Waals surface area contributed by atoms with Crippen LogP contribution in [0.1, 0.15) is 29.1 Å². The molecule has 0 saturated carbocycles. The van der Waals surface area contributed by atoms with Crippen molar-refractivity contribution < 1.29 is 18.7 Å². The Morgan fingerprint density at radius 3 is 2.50 bits per heavy atom. The topological polar surface area (TPSA) is 60.5 Å². The number of amides is 1. The minimum atomic E-state index is -0.302. The zero-order valence-corrected chi connectivity index (χ0v) is 16.9. The van der Waals surface area contributed by atoms with Crippen LogP contribution in [0, 0.1) is 12.7 Å². The summed E-state index contributed by atoms with van der Waals surface area (Å²) in [5.41, 5.74) is 1.95. The lowest BCUT2D eigenvalue weighted by Crippen LogP contribution is -2.12. The first kappa shape index (κ1) is 19.8. The monoisotopic (exact) mass is 400 g/mol. The number of carbonyl (C=O) groups is 1. The van der Waals surface area contributed by atoms with Gasteiger partial charge in [0, 0.05) is 16.0 Å². The van der Waals surface area contributed by atoms with Crippen molar-refractivity contribution >= 4 is 22.4 Å². The number of hydrogen-bond acceptors (Lipinski definition) is 5. The molecule has 28 heavy (non-hydrogen) atoms. The highest BCUT2D eigenvalue weighted by Gasteiger charge is 2.16. The van der Waals surface area contributed by atoms with Crippen LogP contribution in [0.15, 0.2) is 42.5 Å². The zero-order valence-electron chi connectivity index (χ0n) is 16.1. The van der Waals surface area contributed by atoms with Crippen LogP contribution >= 0.6 is 11.3 Å². The van der Waals surface area contributed by atoms with Gasteiger partial charge < -0.3 is 9.47 Å². The Labute approximate surface area is 167 Å². The van der Waals surface area contributed by atoms with Crippen LogP contribution in [0.2, 0.25) is 0 Å². The van der Waals surface area contributed by atoms with Crippen molar-refractivity contribution in [2.75, 3.05) is 12.4 Å². The molecule has 146 valence electrons. The fraction of sp³-hybridized carbons (Fsp3) is 0.238. The van der Waals surface area contributed by atoms with Crippen LogP contribution in [0.25, 0.3) is 11.3 Å². The second-order valence-electron chi connectivity index (χ2n) is 6.42. The van der Waals surface area contributed by atoms with Crippen molar-refractivity contribution in [2.45, 2.75) is 26.9 Å². The second-order valence-corrected chi connectivity index (χ2v) is 7.62. The lowest BCUT2D eigenvalue weighted by atomic mass is 10.1. The standard InChI is InChI=1S/C21H21FN2O3S/c1-12(2)27-17-10-7-15(11-18(17)26-4)20(25)24-21-23-19(13(3)28-21)14-5-8-16(22)9-6-14/h5-12H,1-4H3,(H,23,24,25). The van der Waals surface area contributed by atoms with Gasteiger partial charge in [0.15, 0.2) is 16.6 Å². The van der Waals surface area contributed by atoms with Crippen molar-refractivity contribution in [2.24, 2.45) is 0 Å². The molecule has 0 saturated heterocycles. The normalized spacial score (nSPS) is 10.8. The summed E-state index contributed by atoms with van der Waals surface area (Å²) in [5, 5.41) is 3.29. The number of benzene rings is 2. The van der Waals surface area contributed by atoms with E-state index in [4.69, 9.17) is 9.47 Å². The Hall–Kier alpha value is -2.93. The molecule has 0 aliphatic carbocycles. The molecule has 0 bridgehead atoms. The number of aromatic nitrogens is 1. The molecule has 7 heteroatoms. The van der Waals surface area contributed by atoms with E-state index in [1.807, 2.05) is 20.8 Å². The first-order valence-corrected chi connectivity index (χ1v) is 9.58. The molecule has 1 aromatic heterocycles. The molecule has 1 heterocycles. The summed E-state index contributed by atoms with van der Waals surface area (Å²) >= 11 is 1.37. The molecule has 0 unspecified atom stereocenters. The van der Waals surface area contributed by atoms with E-state index in [0.29, 0.717) is 22.2 Å². The smallest absolute Gasteiger partial charge is 0.257 e. The predicted octanol–water partition coefficient (Wildman–Crippen LogP) is 5.31. The van der Waals surface area contributed by atoms with Gasteiger partial charge in [-0.2, -0.15) is 0 Å². The predicted molar refractivity (Wildman–Crippen MR) is 109 cm³/mol. The number of anilines is 1. The highest BCUT2D eigenvalue weighted by molar-refractivity contribution is 7.16. The van der Waals surface area contributed by atoms with E-state index >= 15 is 0 Å². The third kappa shape index (κ3) is 4.48. The Morgan fingerprint density at radius 1 is 1.14 bits per heavy atom. The maximum Gasteiger partial charge on any atom is 0.257 e. The van der Waals surface area contributed by atoms with E-state index in [1.165, 1.54) is 30.6 Å². The number of rotatable bonds is 6. The largest absolute Gasteiger partial charge is 0.493 e. The molecule has 0 fully saturated rings. The number of nitrogens with one attached hydrogen (secondary N) is 1. The Kier molecular flexibility index (Phi) is 5.94. The van der Waals surface area contributed by atoms with Crippen LogP contribution in [-0.2, 0) is 0 Å². The molecule has 3 aromatic rings. The van der Waals surface area contributed by atoms with Crippen LogP contribution in [0.3, 0.4) is 0 Å². The molecule has 5 nitrogen and oxygen atoms in total. The SMILES string of the molecule is COc1cc(C(=O)Nc2nc(-c3ccc(F)cc3)c(C)s2)ccc1OC(C)C. The molecule has 1 amide bonds. The number of halogens is 1. The number of hydrogen-bond donors (Lipinski definition) is 1. The van der Waals surface area contributed by atoms with Crippen molar-refractivity contribution in [3.8, 4) is 22.8 Å². The lowest BCUT2D eigenvalue weighted by Gasteiger charge is -2.14. The number of thiazole rings is 1. The van der Waals surface area contributed by atoms with Gasteiger partial charge in [-0.1, -0.05) is 0 Å². The van der Waals surface area contributed by atoms with Crippen molar-refractivity contribution in [1.82, 2.24) is 4.98 Å². The minimum absolute atomic E-state index is 0.00301. The number of aryl methyl sites for hydroxylation is 1. The molecule has 3 rings (SSSR count). The van der Waals surface area contributed by atoms with Crippen LogP contribution in [0.5, 0.6) is 11.5 Å². The van der Waals surface area contributed by atoms with Gasteiger partial charge >= 0.3 is 0 Å². The maximum atomic E-state index is 13.1. The Morgan fingerprint density at radius 2 is 1.86 bits per heavy atom. The van der Waals surface area contributed by atoms with Gasteiger partial charge in [0.2, 0.25) is 0 Å². The molecule has 2 aromatic carbocycles. The second kappa shape index (κ2) is 8.39. The fourth-order valence-corrected chi connectivity index (χ4v) is 3.49. The van der Waals surface area contributed by atoms with E-state index in [9.17, 15) is 9.18 Å². The number of carbonyl (C=O) groups excluding carboxylic acids is 1. The summed E-state index contributed by atoms with van der Waals surface area (Å²) < 4.78 is 24.1. The van der Waals surface area contributed by atoms with E-state index in [0.717, 1.165) is 16.1 Å². The molecule has 0 aliphatic heterocycles. The minimum Gasteiger partial charge on any atom is -0.493 e. The van der Waals surface area contributed by atoms with Crippen LogP contribution in [0.4, 0.5) is 9.52 Å². The summed E-state index contributed by atoms with van der Waals surface area (Å²) in [6, 6.07) is 11.1. The third-order valence-electron chi connectivity index (χ3n) is 3.92. The van der Waals surface area contributed by atoms with Crippen molar-refractivity contribution in [1.29, 1.82) is 0 Å². The molecule has 1 N–H and O–H groups in total. The molecule has 0 spiro atoms. The Bertz CT molecular complexity index is 984. The zero-order chi connectivity index (χ0) is 20.3. The molecule has 0 atom stereocenters. The summed E-state index contributed by atoms with van der Waals surface area (Å²) in [7, 11) is 1.53. The lowest BCUT2D eigenvalue weighted by molar-refractivity contribution is 0.102. The average Bonchev–Trinajstić information content (AvgIpc) is 3.02. The van der Waals surface area contributed by atoms with Gasteiger partial charge in [-0.15, -0.1) is 11.3 Å². The van der Waals surface area contributed by atoms with Gasteiger partial charge in [-0.25, -0.2) is 9.37 Å². The van der Waals surface area contributed by atoms with E-state index in [-0.39, 0.29) is 17.8 Å². The number of ether oxygens (including phenoxy) is 2. The Balaban J connectivity index is 1.80. The highest BCUT2D eigenvalue weighted by atomic mass is 32.1. The van der Waals surface area contributed by atoms with Gasteiger partial charge in [0.1, 0.15) is 5.82 Å². The quantitative estimate of drug-likeness (QED) is 0.609. The van der Waals surface area contributed by atoms with E-state index in [2.05, 4.69) is 10.3 Å². The van der Waals surface area contributed by atoms with Crippen molar-refractivity contribution in [3.05, 3.63) is 58.7 Å². The molecule has 0 radical (unpaired) electrons. The van der Waals surface area contributed by atoms with Crippen LogP contribution in [-0.4, -0.2) is 24.1 Å². The van der Waals surface area contributed by atoms with Gasteiger partial charge in [-0.05, 0) is 63.2 Å². The molecular formula is C21H21FN2O3S. The third-order valence-corrected chi connectivity index (χ3v) is 4.81. The van der Waals surface area contributed by atoms with Gasteiger partial charge in [0.05, 0.1) is 18.9 Å². The first-order chi connectivity index (χ1) is 13.4. The highest BCUT2D eigenvalue weighted by Crippen LogP contribution is 2.32.